The maximum atomic E-state index is 13.1. The lowest BCUT2D eigenvalue weighted by Crippen LogP contribution is -2.47. The van der Waals surface area contributed by atoms with Crippen molar-refractivity contribution in [3.63, 3.8) is 0 Å². The Balaban J connectivity index is 0.00000162. The zero-order valence-electron chi connectivity index (χ0n) is 32.5. The zero-order valence-corrected chi connectivity index (χ0v) is 33.3. The molecule has 5 N–H and O–H groups in total. The summed E-state index contributed by atoms with van der Waals surface area (Å²) in [7, 11) is -3.98. The number of aliphatic carboxylic acids is 2. The Hall–Kier alpha value is -3.83. The van der Waals surface area contributed by atoms with Gasteiger partial charge in [0.25, 0.3) is 10.1 Å². The molecule has 0 aliphatic carbocycles. The van der Waals surface area contributed by atoms with Crippen LogP contribution in [0, 0.1) is 18.8 Å². The lowest BCUT2D eigenvalue weighted by molar-refractivity contribution is -0.163. The van der Waals surface area contributed by atoms with E-state index in [2.05, 4.69) is 5.32 Å². The third-order valence-electron chi connectivity index (χ3n) is 6.75. The second-order valence-corrected chi connectivity index (χ2v) is 17.1. The third kappa shape index (κ3) is 22.8. The number of amides is 1. The number of benzene rings is 1. The van der Waals surface area contributed by atoms with Crippen molar-refractivity contribution in [2.75, 3.05) is 13.3 Å². The van der Waals surface area contributed by atoms with Crippen molar-refractivity contribution in [1.29, 1.82) is 0 Å². The number of carboxylic acid groups (broad SMARTS) is 2. The van der Waals surface area contributed by atoms with Crippen LogP contribution in [0.15, 0.2) is 29.2 Å². The van der Waals surface area contributed by atoms with Crippen molar-refractivity contribution in [3.05, 3.63) is 29.8 Å². The smallest absolute Gasteiger partial charge is 0.408 e. The Bertz CT molecular complexity index is 1460. The van der Waals surface area contributed by atoms with Gasteiger partial charge in [-0.1, -0.05) is 12.1 Å². The molecule has 0 aliphatic rings. The van der Waals surface area contributed by atoms with Crippen LogP contribution in [0.1, 0.15) is 106 Å². The molecule has 17 heteroatoms. The number of aryl methyl sites for hydroxylation is 1. The summed E-state index contributed by atoms with van der Waals surface area (Å²) in [5.41, 5.74) is 3.48. The second-order valence-electron chi connectivity index (χ2n) is 15.5. The lowest BCUT2D eigenvalue weighted by Gasteiger charge is -2.29. The standard InChI is InChI=1S/C28H45NO9S.C8H14FNO4/c1-19-13-11-15-21(17-19)39(33,34)35-16-12-14-20(23(30)36-26(2,3)4)18-22(24(31)37-27(5,6)7)29-25(32)38-28(8,9)10;9-3-1-2-5(7(11)12)4-6(10)8(13)14/h11,13,15,17,20,22H,12,14,16,18H2,1-10H3,(H,29,32);5-6H,1-4,10H2,(H,11,12)(H,13,14)/i;9-1. The van der Waals surface area contributed by atoms with E-state index in [0.717, 1.165) is 5.56 Å². The molecule has 0 heterocycles. The number of carbonyl (C=O) groups is 5. The molecule has 0 saturated heterocycles. The van der Waals surface area contributed by atoms with Crippen LogP contribution in [0.4, 0.5) is 9.18 Å². The zero-order chi connectivity index (χ0) is 41.4. The Morgan fingerprint density at radius 3 is 1.79 bits per heavy atom. The average Bonchev–Trinajstić information content (AvgIpc) is 2.97. The number of hydrogen-bond donors (Lipinski definition) is 4. The lowest BCUT2D eigenvalue weighted by atomic mass is 9.94. The molecule has 1 rings (SSSR count). The highest BCUT2D eigenvalue weighted by Gasteiger charge is 2.35. The van der Waals surface area contributed by atoms with E-state index in [-0.39, 0.29) is 50.0 Å². The number of rotatable bonds is 18. The van der Waals surface area contributed by atoms with Gasteiger partial charge in [-0.25, -0.2) is 9.59 Å². The first-order valence-corrected chi connectivity index (χ1v) is 18.7. The number of carboxylic acids is 2. The highest BCUT2D eigenvalue weighted by Crippen LogP contribution is 2.23. The molecule has 1 amide bonds. The molecular weight excluding hydrogens is 718 g/mol. The maximum Gasteiger partial charge on any atom is 0.408 e. The Morgan fingerprint density at radius 2 is 1.32 bits per heavy atom. The SMILES string of the molecule is Cc1cccc(S(=O)(=O)OCCCC(CC(NC(=O)OC(C)(C)C)C(=O)OC(C)(C)C)C(=O)OC(C)(C)C)c1.NC(CC(CCC[18F])C(=O)O)C(=O)O. The topological polar surface area (TPSA) is 235 Å². The van der Waals surface area contributed by atoms with Crippen molar-refractivity contribution in [1.82, 2.24) is 5.32 Å². The first-order chi connectivity index (χ1) is 24.1. The van der Waals surface area contributed by atoms with Gasteiger partial charge >= 0.3 is 30.0 Å². The largest absolute Gasteiger partial charge is 0.481 e. The van der Waals surface area contributed by atoms with E-state index >= 15 is 0 Å². The number of ether oxygens (including phenoxy) is 3. The molecule has 0 fully saturated rings. The predicted molar refractivity (Wildman–Crippen MR) is 193 cm³/mol. The van der Waals surface area contributed by atoms with Crippen LogP contribution in [0.3, 0.4) is 0 Å². The van der Waals surface area contributed by atoms with Gasteiger partial charge in [0.05, 0.1) is 30.0 Å². The molecule has 0 aromatic heterocycles. The summed E-state index contributed by atoms with van der Waals surface area (Å²) in [5, 5.41) is 19.6. The molecule has 0 bridgehead atoms. The number of carbonyl (C=O) groups excluding carboxylic acids is 3. The van der Waals surface area contributed by atoms with E-state index in [1.54, 1.807) is 81.4 Å². The molecule has 0 radical (unpaired) electrons. The Labute approximate surface area is 312 Å². The molecule has 1 aromatic rings. The van der Waals surface area contributed by atoms with Crippen molar-refractivity contribution in [2.45, 2.75) is 142 Å². The van der Waals surface area contributed by atoms with Gasteiger partial charge in [0.1, 0.15) is 28.9 Å². The Kier molecular flexibility index (Phi) is 20.2. The molecule has 0 saturated carbocycles. The second kappa shape index (κ2) is 21.8. The monoisotopic (exact) mass is 777 g/mol. The molecule has 53 heavy (non-hydrogen) atoms. The van der Waals surface area contributed by atoms with Crippen LogP contribution in [0.2, 0.25) is 0 Å². The highest BCUT2D eigenvalue weighted by atomic mass is 32.2. The van der Waals surface area contributed by atoms with Crippen molar-refractivity contribution in [3.8, 4) is 0 Å². The van der Waals surface area contributed by atoms with Crippen molar-refractivity contribution in [2.24, 2.45) is 17.6 Å². The van der Waals surface area contributed by atoms with Crippen LogP contribution in [-0.2, 0) is 47.7 Å². The fourth-order valence-corrected chi connectivity index (χ4v) is 5.50. The maximum absolute atomic E-state index is 13.1. The number of esters is 2. The minimum atomic E-state index is -3.98. The summed E-state index contributed by atoms with van der Waals surface area (Å²) in [4.78, 5) is 59.6. The summed E-state index contributed by atoms with van der Waals surface area (Å²) in [6.45, 7) is 16.2. The summed E-state index contributed by atoms with van der Waals surface area (Å²) in [6, 6.07) is 3.94. The molecule has 15 nitrogen and oxygen atoms in total. The van der Waals surface area contributed by atoms with Crippen molar-refractivity contribution < 1.29 is 65.4 Å². The number of halogens is 1. The summed E-state index contributed by atoms with van der Waals surface area (Å²) in [5.74, 6) is -5.45. The normalized spacial score (nSPS) is 14.3. The molecule has 4 atom stereocenters. The van der Waals surface area contributed by atoms with E-state index in [0.29, 0.717) is 0 Å². The minimum absolute atomic E-state index is 0.0396. The molecule has 4 unspecified atom stereocenters. The van der Waals surface area contributed by atoms with Crippen LogP contribution in [0.25, 0.3) is 0 Å². The quantitative estimate of drug-likeness (QED) is 0.0641. The number of hydrogen-bond acceptors (Lipinski definition) is 12. The minimum Gasteiger partial charge on any atom is -0.481 e. The number of nitrogens with two attached hydrogens (primary N) is 1. The van der Waals surface area contributed by atoms with Crippen LogP contribution < -0.4 is 11.1 Å². The fourth-order valence-electron chi connectivity index (χ4n) is 4.45. The number of nitrogens with one attached hydrogen (secondary N) is 1. The van der Waals surface area contributed by atoms with Gasteiger partial charge in [-0.2, -0.15) is 8.42 Å². The van der Waals surface area contributed by atoms with E-state index in [1.807, 2.05) is 0 Å². The first kappa shape index (κ1) is 49.2. The molecule has 1 aromatic carbocycles. The summed E-state index contributed by atoms with van der Waals surface area (Å²) >= 11 is 0. The predicted octanol–water partition coefficient (Wildman–Crippen LogP) is 5.30. The van der Waals surface area contributed by atoms with Gasteiger partial charge in [0, 0.05) is 0 Å². The van der Waals surface area contributed by atoms with E-state index in [9.17, 15) is 36.8 Å². The van der Waals surface area contributed by atoms with Gasteiger partial charge in [-0.3, -0.25) is 23.0 Å². The third-order valence-corrected chi connectivity index (χ3v) is 8.06. The molecule has 0 spiro atoms. The van der Waals surface area contributed by atoms with E-state index in [1.165, 1.54) is 12.1 Å². The van der Waals surface area contributed by atoms with Crippen LogP contribution in [-0.4, -0.2) is 90.8 Å². The first-order valence-electron chi connectivity index (χ1n) is 17.3. The fraction of sp³-hybridized carbons (Fsp3) is 0.694. The summed E-state index contributed by atoms with van der Waals surface area (Å²) in [6.07, 6.45) is -0.612. The van der Waals surface area contributed by atoms with E-state index < -0.39 is 87.5 Å². The average molecular weight is 778 g/mol. The van der Waals surface area contributed by atoms with Crippen LogP contribution in [0.5, 0.6) is 0 Å². The van der Waals surface area contributed by atoms with E-state index in [4.69, 9.17) is 34.3 Å². The van der Waals surface area contributed by atoms with Gasteiger partial charge in [-0.15, -0.1) is 0 Å². The number of alkyl halides is 1. The highest BCUT2D eigenvalue weighted by molar-refractivity contribution is 7.86. The molecule has 304 valence electrons. The molecular formula is C36H59FN2O13S. The number of alkyl carbamates (subject to hydrolysis) is 1. The van der Waals surface area contributed by atoms with Gasteiger partial charge in [0.2, 0.25) is 0 Å². The Morgan fingerprint density at radius 1 is 0.792 bits per heavy atom. The summed E-state index contributed by atoms with van der Waals surface area (Å²) < 4.78 is 58.4. The van der Waals surface area contributed by atoms with Crippen LogP contribution >= 0.6 is 0 Å². The van der Waals surface area contributed by atoms with Gasteiger partial charge in [-0.05, 0) is 125 Å². The van der Waals surface area contributed by atoms with Gasteiger partial charge in [0.15, 0.2) is 0 Å². The molecule has 0 aliphatic heterocycles. The van der Waals surface area contributed by atoms with Crippen molar-refractivity contribution >= 4 is 40.1 Å². The van der Waals surface area contributed by atoms with Gasteiger partial charge < -0.3 is 35.5 Å².